The van der Waals surface area contributed by atoms with Crippen LogP contribution in [-0.2, 0) is 11.2 Å². The molecule has 2 aromatic rings. The molecular formula is C20H24N2O2. The lowest BCUT2D eigenvalue weighted by Crippen LogP contribution is -2.32. The van der Waals surface area contributed by atoms with Gasteiger partial charge in [0.05, 0.1) is 11.9 Å². The summed E-state index contributed by atoms with van der Waals surface area (Å²) in [5, 5.41) is 2.92. The highest BCUT2D eigenvalue weighted by Gasteiger charge is 2.28. The molecule has 0 saturated heterocycles. The van der Waals surface area contributed by atoms with Gasteiger partial charge in [0.1, 0.15) is 6.61 Å². The number of nitrogens with zero attached hydrogens (tertiary/aromatic N) is 1. The monoisotopic (exact) mass is 324 g/mol. The van der Waals surface area contributed by atoms with Crippen molar-refractivity contribution in [2.45, 2.75) is 27.2 Å². The highest BCUT2D eigenvalue weighted by molar-refractivity contribution is 5.94. The van der Waals surface area contributed by atoms with Crippen LogP contribution in [0.3, 0.4) is 0 Å². The summed E-state index contributed by atoms with van der Waals surface area (Å²) in [7, 11) is 0. The number of benzene rings is 1. The fraction of sp³-hybridized carbons (Fsp3) is 0.300. The Labute approximate surface area is 143 Å². The van der Waals surface area contributed by atoms with E-state index in [1.165, 1.54) is 5.56 Å². The average Bonchev–Trinajstić information content (AvgIpc) is 2.56. The number of carbonyl (C=O) groups excluding carboxylic acids is 1. The summed E-state index contributed by atoms with van der Waals surface area (Å²) in [5.74, 6) is 0.469. The van der Waals surface area contributed by atoms with E-state index in [9.17, 15) is 4.79 Å². The van der Waals surface area contributed by atoms with Crippen LogP contribution in [0.2, 0.25) is 0 Å². The van der Waals surface area contributed by atoms with Gasteiger partial charge in [0.2, 0.25) is 11.8 Å². The van der Waals surface area contributed by atoms with Crippen LogP contribution in [0.4, 0.5) is 5.69 Å². The van der Waals surface area contributed by atoms with Gasteiger partial charge in [-0.05, 0) is 25.0 Å². The molecular weight excluding hydrogens is 300 g/mol. The Morgan fingerprint density at radius 3 is 2.54 bits per heavy atom. The maximum atomic E-state index is 12.6. The molecule has 4 heteroatoms. The zero-order valence-electron chi connectivity index (χ0n) is 14.5. The number of pyridine rings is 1. The minimum absolute atomic E-state index is 0.0374. The molecule has 0 aliphatic heterocycles. The van der Waals surface area contributed by atoms with E-state index in [-0.39, 0.29) is 5.91 Å². The molecule has 0 bridgehead atoms. The number of nitrogens with one attached hydrogen (secondary N) is 1. The van der Waals surface area contributed by atoms with E-state index in [1.54, 1.807) is 24.4 Å². The molecule has 126 valence electrons. The third kappa shape index (κ3) is 4.95. The van der Waals surface area contributed by atoms with Crippen molar-refractivity contribution >= 4 is 11.6 Å². The summed E-state index contributed by atoms with van der Waals surface area (Å²) in [6.45, 7) is 9.93. The van der Waals surface area contributed by atoms with Gasteiger partial charge >= 0.3 is 0 Å². The van der Waals surface area contributed by atoms with E-state index in [0.29, 0.717) is 24.6 Å². The predicted octanol–water partition coefficient (Wildman–Crippen LogP) is 4.16. The first-order valence-electron chi connectivity index (χ1n) is 7.97. The van der Waals surface area contributed by atoms with Crippen LogP contribution in [0.5, 0.6) is 5.88 Å². The maximum Gasteiger partial charge on any atom is 0.230 e. The highest BCUT2D eigenvalue weighted by atomic mass is 16.5. The number of aryl methyl sites for hydroxylation is 1. The molecule has 1 aromatic carbocycles. The van der Waals surface area contributed by atoms with Crippen LogP contribution >= 0.6 is 0 Å². The Bertz CT molecular complexity index is 689. The fourth-order valence-corrected chi connectivity index (χ4v) is 2.28. The van der Waals surface area contributed by atoms with Crippen LogP contribution in [0.15, 0.2) is 55.3 Å². The lowest BCUT2D eigenvalue weighted by atomic mass is 9.84. The van der Waals surface area contributed by atoms with Crippen molar-refractivity contribution in [1.82, 2.24) is 4.98 Å². The second-order valence-corrected chi connectivity index (χ2v) is 6.49. The van der Waals surface area contributed by atoms with Gasteiger partial charge in [0, 0.05) is 11.5 Å². The second kappa shape index (κ2) is 7.77. The summed E-state index contributed by atoms with van der Waals surface area (Å²) in [4.78, 5) is 16.7. The lowest BCUT2D eigenvalue weighted by Gasteiger charge is -2.23. The second-order valence-electron chi connectivity index (χ2n) is 6.49. The molecule has 0 aliphatic carbocycles. The largest absolute Gasteiger partial charge is 0.473 e. The third-order valence-electron chi connectivity index (χ3n) is 3.72. The van der Waals surface area contributed by atoms with Crippen LogP contribution in [0, 0.1) is 12.3 Å². The molecule has 0 fully saturated rings. The minimum Gasteiger partial charge on any atom is -0.473 e. The van der Waals surface area contributed by atoms with Gasteiger partial charge in [-0.3, -0.25) is 4.79 Å². The minimum atomic E-state index is -0.521. The zero-order valence-corrected chi connectivity index (χ0v) is 14.5. The predicted molar refractivity (Wildman–Crippen MR) is 97.2 cm³/mol. The fourth-order valence-electron chi connectivity index (χ4n) is 2.28. The Balaban J connectivity index is 1.99. The van der Waals surface area contributed by atoms with Gasteiger partial charge in [-0.15, -0.1) is 0 Å². The topological polar surface area (TPSA) is 51.2 Å². The normalized spacial score (nSPS) is 11.0. The SMILES string of the molecule is C=CCOc1ccc(NC(=O)C(C)(C)Cc2ccc(C)cc2)cn1. The number of amides is 1. The molecule has 1 N–H and O–H groups in total. The van der Waals surface area contributed by atoms with Gasteiger partial charge in [-0.2, -0.15) is 0 Å². The first-order valence-corrected chi connectivity index (χ1v) is 7.97. The molecule has 0 spiro atoms. The van der Waals surface area contributed by atoms with Crippen LogP contribution in [0.25, 0.3) is 0 Å². The molecule has 0 aliphatic rings. The van der Waals surface area contributed by atoms with Crippen LogP contribution in [0.1, 0.15) is 25.0 Å². The summed E-state index contributed by atoms with van der Waals surface area (Å²) >= 11 is 0. The van der Waals surface area contributed by atoms with Gasteiger partial charge in [-0.1, -0.05) is 56.3 Å². The van der Waals surface area contributed by atoms with Crippen molar-refractivity contribution in [2.24, 2.45) is 5.41 Å². The standard InChI is InChI=1S/C20H24N2O2/c1-5-12-24-18-11-10-17(14-21-18)22-19(23)20(3,4)13-16-8-6-15(2)7-9-16/h5-11,14H,1,12-13H2,2-4H3,(H,22,23). The van der Waals surface area contributed by atoms with E-state index in [0.717, 1.165) is 5.56 Å². The van der Waals surface area contributed by atoms with E-state index >= 15 is 0 Å². The van der Waals surface area contributed by atoms with Crippen molar-refractivity contribution < 1.29 is 9.53 Å². The van der Waals surface area contributed by atoms with E-state index in [1.807, 2.05) is 13.8 Å². The Morgan fingerprint density at radius 2 is 1.96 bits per heavy atom. The third-order valence-corrected chi connectivity index (χ3v) is 3.72. The van der Waals surface area contributed by atoms with Gasteiger partial charge < -0.3 is 10.1 Å². The summed E-state index contributed by atoms with van der Waals surface area (Å²) in [6, 6.07) is 11.8. The highest BCUT2D eigenvalue weighted by Crippen LogP contribution is 2.24. The quantitative estimate of drug-likeness (QED) is 0.778. The van der Waals surface area contributed by atoms with Crippen LogP contribution in [-0.4, -0.2) is 17.5 Å². The van der Waals surface area contributed by atoms with Crippen molar-refractivity contribution in [3.8, 4) is 5.88 Å². The summed E-state index contributed by atoms with van der Waals surface area (Å²) < 4.78 is 5.33. The number of hydrogen-bond donors (Lipinski definition) is 1. The number of hydrogen-bond acceptors (Lipinski definition) is 3. The Morgan fingerprint density at radius 1 is 1.25 bits per heavy atom. The maximum absolute atomic E-state index is 12.6. The number of carbonyl (C=O) groups is 1. The first kappa shape index (κ1) is 17.7. The van der Waals surface area contributed by atoms with Crippen molar-refractivity contribution in [2.75, 3.05) is 11.9 Å². The molecule has 24 heavy (non-hydrogen) atoms. The first-order chi connectivity index (χ1) is 11.4. The van der Waals surface area contributed by atoms with E-state index in [4.69, 9.17) is 4.74 Å². The lowest BCUT2D eigenvalue weighted by molar-refractivity contribution is -0.123. The van der Waals surface area contributed by atoms with Crippen LogP contribution < -0.4 is 10.1 Å². The Kier molecular flexibility index (Phi) is 5.74. The molecule has 1 amide bonds. The molecule has 0 unspecified atom stereocenters. The average molecular weight is 324 g/mol. The van der Waals surface area contributed by atoms with Gasteiger partial charge in [0.15, 0.2) is 0 Å². The molecule has 0 radical (unpaired) electrons. The molecule has 4 nitrogen and oxygen atoms in total. The van der Waals surface area contributed by atoms with E-state index in [2.05, 4.69) is 48.1 Å². The van der Waals surface area contributed by atoms with Crippen molar-refractivity contribution in [1.29, 1.82) is 0 Å². The Hall–Kier alpha value is -2.62. The zero-order chi connectivity index (χ0) is 17.6. The summed E-state index contributed by atoms with van der Waals surface area (Å²) in [6.07, 6.45) is 3.93. The number of anilines is 1. The smallest absolute Gasteiger partial charge is 0.230 e. The molecule has 1 aromatic heterocycles. The van der Waals surface area contributed by atoms with E-state index < -0.39 is 5.41 Å². The molecule has 2 rings (SSSR count). The van der Waals surface area contributed by atoms with Crippen molar-refractivity contribution in [3.05, 3.63) is 66.4 Å². The number of rotatable bonds is 7. The molecule has 0 atom stereocenters. The molecule has 1 heterocycles. The molecule has 0 saturated carbocycles. The van der Waals surface area contributed by atoms with Gasteiger partial charge in [-0.25, -0.2) is 4.98 Å². The number of aromatic nitrogens is 1. The van der Waals surface area contributed by atoms with Crippen molar-refractivity contribution in [3.63, 3.8) is 0 Å². The number of ether oxygens (including phenoxy) is 1. The van der Waals surface area contributed by atoms with Gasteiger partial charge in [0.25, 0.3) is 0 Å². The summed E-state index contributed by atoms with van der Waals surface area (Å²) in [5.41, 5.74) is 2.49.